The molecule has 1 amide bonds. The van der Waals surface area contributed by atoms with Crippen molar-refractivity contribution < 1.29 is 4.79 Å². The van der Waals surface area contributed by atoms with Crippen LogP contribution in [0.5, 0.6) is 0 Å². The Morgan fingerprint density at radius 1 is 1.37 bits per heavy atom. The van der Waals surface area contributed by atoms with Gasteiger partial charge in [-0.2, -0.15) is 0 Å². The van der Waals surface area contributed by atoms with Gasteiger partial charge in [-0.1, -0.05) is 37.1 Å². The Bertz CT molecular complexity index is 409. The van der Waals surface area contributed by atoms with E-state index < -0.39 is 0 Å². The zero-order valence-electron chi connectivity index (χ0n) is 11.9. The molecule has 0 saturated heterocycles. The second-order valence-corrected chi connectivity index (χ2v) is 5.25. The molecular weight excluding hydrogens is 260 g/mol. The number of hydrogen-bond acceptors (Lipinski definition) is 2. The van der Waals surface area contributed by atoms with E-state index >= 15 is 0 Å². The summed E-state index contributed by atoms with van der Waals surface area (Å²) in [6.45, 7) is 6.76. The van der Waals surface area contributed by atoms with Crippen molar-refractivity contribution in [3.05, 3.63) is 34.9 Å². The van der Waals surface area contributed by atoms with Crippen molar-refractivity contribution in [1.29, 1.82) is 0 Å². The molecule has 2 unspecified atom stereocenters. The molecule has 0 aliphatic carbocycles. The van der Waals surface area contributed by atoms with Gasteiger partial charge < -0.3 is 5.32 Å². The first-order valence-corrected chi connectivity index (χ1v) is 7.21. The lowest BCUT2D eigenvalue weighted by atomic mass is 10.1. The van der Waals surface area contributed by atoms with Crippen LogP contribution in [-0.2, 0) is 4.79 Å². The number of unbranched alkanes of at least 4 members (excludes halogenated alkanes) is 1. The summed E-state index contributed by atoms with van der Waals surface area (Å²) in [4.78, 5) is 11.9. The molecule has 1 aromatic rings. The van der Waals surface area contributed by atoms with Crippen molar-refractivity contribution >= 4 is 17.5 Å². The summed E-state index contributed by atoms with van der Waals surface area (Å²) in [6.07, 6.45) is 2.10. The maximum absolute atomic E-state index is 11.9. The highest BCUT2D eigenvalue weighted by atomic mass is 35.5. The molecule has 0 fully saturated rings. The fourth-order valence-electron chi connectivity index (χ4n) is 1.86. The van der Waals surface area contributed by atoms with Crippen molar-refractivity contribution in [3.63, 3.8) is 0 Å². The topological polar surface area (TPSA) is 41.1 Å². The molecule has 3 nitrogen and oxygen atoms in total. The Hall–Kier alpha value is -1.06. The lowest BCUT2D eigenvalue weighted by Crippen LogP contribution is -2.43. The molecule has 2 atom stereocenters. The minimum absolute atomic E-state index is 0.0438. The SMILES string of the molecule is CCCCNC(=O)C(C)NC(C)c1cccc(Cl)c1. The van der Waals surface area contributed by atoms with Crippen molar-refractivity contribution in [2.24, 2.45) is 0 Å². The van der Waals surface area contributed by atoms with Crippen LogP contribution in [0.2, 0.25) is 5.02 Å². The van der Waals surface area contributed by atoms with E-state index in [4.69, 9.17) is 11.6 Å². The van der Waals surface area contributed by atoms with E-state index in [1.807, 2.05) is 38.1 Å². The number of hydrogen-bond donors (Lipinski definition) is 2. The number of benzene rings is 1. The van der Waals surface area contributed by atoms with E-state index in [2.05, 4.69) is 17.6 Å². The normalized spacial score (nSPS) is 13.9. The average molecular weight is 283 g/mol. The van der Waals surface area contributed by atoms with Gasteiger partial charge in [0.2, 0.25) is 5.91 Å². The van der Waals surface area contributed by atoms with Gasteiger partial charge in [0.25, 0.3) is 0 Å². The van der Waals surface area contributed by atoms with Gasteiger partial charge in [0.05, 0.1) is 6.04 Å². The first kappa shape index (κ1) is 16.0. The zero-order chi connectivity index (χ0) is 14.3. The highest BCUT2D eigenvalue weighted by Gasteiger charge is 2.15. The van der Waals surface area contributed by atoms with E-state index in [0.717, 1.165) is 24.9 Å². The van der Waals surface area contributed by atoms with Gasteiger partial charge in [-0.05, 0) is 38.0 Å². The maximum atomic E-state index is 11.9. The van der Waals surface area contributed by atoms with Crippen LogP contribution in [0, 0.1) is 0 Å². The quantitative estimate of drug-likeness (QED) is 0.754. The van der Waals surface area contributed by atoms with E-state index in [9.17, 15) is 4.79 Å². The van der Waals surface area contributed by atoms with E-state index in [-0.39, 0.29) is 18.0 Å². The Labute approximate surface area is 120 Å². The Kier molecular flexibility index (Phi) is 6.89. The lowest BCUT2D eigenvalue weighted by Gasteiger charge is -2.20. The van der Waals surface area contributed by atoms with Crippen LogP contribution in [0.4, 0.5) is 0 Å². The monoisotopic (exact) mass is 282 g/mol. The molecule has 0 radical (unpaired) electrons. The molecule has 2 N–H and O–H groups in total. The molecule has 0 aliphatic rings. The fraction of sp³-hybridized carbons (Fsp3) is 0.533. The van der Waals surface area contributed by atoms with E-state index in [1.54, 1.807) is 0 Å². The summed E-state index contributed by atoms with van der Waals surface area (Å²) in [5.41, 5.74) is 1.08. The molecule has 1 rings (SSSR count). The highest BCUT2D eigenvalue weighted by molar-refractivity contribution is 6.30. The van der Waals surface area contributed by atoms with Crippen molar-refractivity contribution in [2.45, 2.75) is 45.7 Å². The van der Waals surface area contributed by atoms with Crippen LogP contribution in [0.1, 0.15) is 45.2 Å². The van der Waals surface area contributed by atoms with Crippen LogP contribution in [0.25, 0.3) is 0 Å². The molecule has 4 heteroatoms. The second kappa shape index (κ2) is 8.18. The van der Waals surface area contributed by atoms with Gasteiger partial charge in [-0.3, -0.25) is 10.1 Å². The van der Waals surface area contributed by atoms with Crippen molar-refractivity contribution in [2.75, 3.05) is 6.54 Å². The molecule has 106 valence electrons. The predicted molar refractivity (Wildman–Crippen MR) is 80.4 cm³/mol. The van der Waals surface area contributed by atoms with Gasteiger partial charge >= 0.3 is 0 Å². The van der Waals surface area contributed by atoms with Crippen LogP contribution in [0.3, 0.4) is 0 Å². The summed E-state index contributed by atoms with van der Waals surface area (Å²) in [7, 11) is 0. The summed E-state index contributed by atoms with van der Waals surface area (Å²) >= 11 is 5.97. The third-order valence-electron chi connectivity index (χ3n) is 3.07. The fourth-order valence-corrected chi connectivity index (χ4v) is 2.06. The van der Waals surface area contributed by atoms with Crippen LogP contribution >= 0.6 is 11.6 Å². The first-order valence-electron chi connectivity index (χ1n) is 6.83. The summed E-state index contributed by atoms with van der Waals surface area (Å²) < 4.78 is 0. The van der Waals surface area contributed by atoms with Gasteiger partial charge in [-0.15, -0.1) is 0 Å². The summed E-state index contributed by atoms with van der Waals surface area (Å²) in [5.74, 6) is 0.0438. The van der Waals surface area contributed by atoms with Gasteiger partial charge in [0, 0.05) is 17.6 Å². The minimum atomic E-state index is -0.217. The molecule has 0 spiro atoms. The Balaban J connectivity index is 2.47. The largest absolute Gasteiger partial charge is 0.355 e. The number of carbonyl (C=O) groups is 1. The molecule has 0 bridgehead atoms. The van der Waals surface area contributed by atoms with Gasteiger partial charge in [0.1, 0.15) is 0 Å². The minimum Gasteiger partial charge on any atom is -0.355 e. The zero-order valence-corrected chi connectivity index (χ0v) is 12.6. The predicted octanol–water partition coefficient (Wildman–Crippen LogP) is 3.30. The highest BCUT2D eigenvalue weighted by Crippen LogP contribution is 2.17. The molecular formula is C15H23ClN2O. The van der Waals surface area contributed by atoms with Crippen molar-refractivity contribution in [3.8, 4) is 0 Å². The molecule has 0 aromatic heterocycles. The number of halogens is 1. The molecule has 0 saturated carbocycles. The average Bonchev–Trinajstić information content (AvgIpc) is 2.38. The number of nitrogens with one attached hydrogen (secondary N) is 2. The third-order valence-corrected chi connectivity index (χ3v) is 3.31. The second-order valence-electron chi connectivity index (χ2n) is 4.81. The summed E-state index contributed by atoms with van der Waals surface area (Å²) in [5, 5.41) is 6.92. The number of carbonyl (C=O) groups excluding carboxylic acids is 1. The van der Waals surface area contributed by atoms with Gasteiger partial charge in [0.15, 0.2) is 0 Å². The van der Waals surface area contributed by atoms with Crippen molar-refractivity contribution in [1.82, 2.24) is 10.6 Å². The molecule has 0 heterocycles. The van der Waals surface area contributed by atoms with E-state index in [1.165, 1.54) is 0 Å². The standard InChI is InChI=1S/C15H23ClN2O/c1-4-5-9-17-15(19)12(3)18-11(2)13-7-6-8-14(16)10-13/h6-8,10-12,18H,4-5,9H2,1-3H3,(H,17,19). The lowest BCUT2D eigenvalue weighted by molar-refractivity contribution is -0.122. The van der Waals surface area contributed by atoms with Crippen LogP contribution in [0.15, 0.2) is 24.3 Å². The molecule has 1 aromatic carbocycles. The first-order chi connectivity index (χ1) is 9.04. The Morgan fingerprint density at radius 3 is 2.74 bits per heavy atom. The maximum Gasteiger partial charge on any atom is 0.236 e. The smallest absolute Gasteiger partial charge is 0.236 e. The number of amides is 1. The number of rotatable bonds is 7. The van der Waals surface area contributed by atoms with Crippen LogP contribution in [-0.4, -0.2) is 18.5 Å². The van der Waals surface area contributed by atoms with Gasteiger partial charge in [-0.25, -0.2) is 0 Å². The Morgan fingerprint density at radius 2 is 2.11 bits per heavy atom. The van der Waals surface area contributed by atoms with Crippen LogP contribution < -0.4 is 10.6 Å². The molecule has 0 aliphatic heterocycles. The summed E-state index contributed by atoms with van der Waals surface area (Å²) in [6, 6.07) is 7.56. The van der Waals surface area contributed by atoms with E-state index in [0.29, 0.717) is 5.02 Å². The molecule has 19 heavy (non-hydrogen) atoms. The third kappa shape index (κ3) is 5.62.